The Hall–Kier alpha value is -2.94. The second kappa shape index (κ2) is 10.9. The van der Waals surface area contributed by atoms with Crippen LogP contribution < -0.4 is 0 Å². The van der Waals surface area contributed by atoms with Crippen molar-refractivity contribution in [2.75, 3.05) is 6.61 Å². The van der Waals surface area contributed by atoms with Crippen LogP contribution in [0.25, 0.3) is 11.6 Å². The molecule has 0 amide bonds. The third-order valence-corrected chi connectivity index (χ3v) is 4.06. The monoisotopic (exact) mass is 361 g/mol. The van der Waals surface area contributed by atoms with Gasteiger partial charge in [0.1, 0.15) is 0 Å². The van der Waals surface area contributed by atoms with Crippen LogP contribution in [0.5, 0.6) is 0 Å². The van der Waals surface area contributed by atoms with Gasteiger partial charge >= 0.3 is 5.97 Å². The molecule has 2 aromatic carbocycles. The standard InChI is InChI=1S/C24H27NO2/c1-4-5-6-17-27-24(26)16-11-20-9-14-23(15-10-20)25-18-21-7-12-22(13-8-21)19(2)3/h7-16,18H,2,4-6,17H2,1,3H3/b16-11-,25-18?. The molecule has 27 heavy (non-hydrogen) atoms. The van der Waals surface area contributed by atoms with Crippen molar-refractivity contribution in [2.24, 2.45) is 4.99 Å². The van der Waals surface area contributed by atoms with Gasteiger partial charge in [-0.05, 0) is 48.2 Å². The minimum absolute atomic E-state index is 0.300. The van der Waals surface area contributed by atoms with E-state index in [4.69, 9.17) is 4.74 Å². The predicted molar refractivity (Wildman–Crippen MR) is 114 cm³/mol. The van der Waals surface area contributed by atoms with E-state index >= 15 is 0 Å². The summed E-state index contributed by atoms with van der Waals surface area (Å²) in [5.41, 5.74) is 5.01. The number of carbonyl (C=O) groups excluding carboxylic acids is 1. The van der Waals surface area contributed by atoms with Crippen LogP contribution in [-0.2, 0) is 9.53 Å². The van der Waals surface area contributed by atoms with Crippen molar-refractivity contribution < 1.29 is 9.53 Å². The molecule has 0 fully saturated rings. The summed E-state index contributed by atoms with van der Waals surface area (Å²) in [7, 11) is 0. The second-order valence-electron chi connectivity index (χ2n) is 6.46. The highest BCUT2D eigenvalue weighted by Gasteiger charge is 1.97. The fraction of sp³-hybridized carbons (Fsp3) is 0.250. The summed E-state index contributed by atoms with van der Waals surface area (Å²) in [6.45, 7) is 8.53. The summed E-state index contributed by atoms with van der Waals surface area (Å²) in [5, 5.41) is 0. The molecule has 0 atom stereocenters. The zero-order chi connectivity index (χ0) is 19.5. The lowest BCUT2D eigenvalue weighted by Gasteiger charge is -2.01. The Kier molecular flexibility index (Phi) is 8.24. The van der Waals surface area contributed by atoms with Gasteiger partial charge in [-0.2, -0.15) is 0 Å². The van der Waals surface area contributed by atoms with Crippen LogP contribution in [-0.4, -0.2) is 18.8 Å². The van der Waals surface area contributed by atoms with Crippen molar-refractivity contribution in [3.8, 4) is 0 Å². The first-order valence-corrected chi connectivity index (χ1v) is 9.33. The molecular weight excluding hydrogens is 334 g/mol. The summed E-state index contributed by atoms with van der Waals surface area (Å²) in [6, 6.07) is 15.8. The van der Waals surface area contributed by atoms with Gasteiger partial charge in [0.15, 0.2) is 0 Å². The van der Waals surface area contributed by atoms with Gasteiger partial charge in [0, 0.05) is 12.3 Å². The summed E-state index contributed by atoms with van der Waals surface area (Å²) in [6.07, 6.45) is 8.16. The summed E-state index contributed by atoms with van der Waals surface area (Å²) in [4.78, 5) is 16.1. The summed E-state index contributed by atoms with van der Waals surface area (Å²) >= 11 is 0. The molecule has 2 aromatic rings. The van der Waals surface area contributed by atoms with Gasteiger partial charge in [-0.25, -0.2) is 4.79 Å². The van der Waals surface area contributed by atoms with E-state index in [2.05, 4.69) is 18.5 Å². The van der Waals surface area contributed by atoms with Crippen LogP contribution in [0.15, 0.2) is 66.2 Å². The maximum Gasteiger partial charge on any atom is 0.330 e. The van der Waals surface area contributed by atoms with Gasteiger partial charge in [0.05, 0.1) is 12.3 Å². The number of esters is 1. The molecule has 0 spiro atoms. The van der Waals surface area contributed by atoms with Gasteiger partial charge < -0.3 is 4.74 Å². The van der Waals surface area contributed by atoms with Crippen LogP contribution in [0, 0.1) is 0 Å². The first kappa shape index (κ1) is 20.4. The molecule has 0 bridgehead atoms. The van der Waals surface area contributed by atoms with E-state index in [1.54, 1.807) is 6.08 Å². The molecule has 0 unspecified atom stereocenters. The molecule has 3 nitrogen and oxygen atoms in total. The van der Waals surface area contributed by atoms with Crippen LogP contribution in [0.3, 0.4) is 0 Å². The normalized spacial score (nSPS) is 11.2. The second-order valence-corrected chi connectivity index (χ2v) is 6.46. The molecule has 0 N–H and O–H groups in total. The maximum absolute atomic E-state index is 11.6. The highest BCUT2D eigenvalue weighted by molar-refractivity contribution is 5.87. The molecule has 2 rings (SSSR count). The van der Waals surface area contributed by atoms with Crippen LogP contribution in [0.4, 0.5) is 5.69 Å². The van der Waals surface area contributed by atoms with Gasteiger partial charge in [-0.15, -0.1) is 0 Å². The molecule has 0 aliphatic rings. The number of aliphatic imine (C=N–C) groups is 1. The van der Waals surface area contributed by atoms with E-state index in [0.717, 1.165) is 47.2 Å². The minimum Gasteiger partial charge on any atom is -0.463 e. The Balaban J connectivity index is 1.88. The number of ether oxygens (including phenoxy) is 1. The van der Waals surface area contributed by atoms with Crippen molar-refractivity contribution in [1.29, 1.82) is 0 Å². The third-order valence-electron chi connectivity index (χ3n) is 4.06. The highest BCUT2D eigenvalue weighted by Crippen LogP contribution is 2.15. The average Bonchev–Trinajstić information content (AvgIpc) is 2.69. The van der Waals surface area contributed by atoms with Crippen molar-refractivity contribution in [2.45, 2.75) is 33.1 Å². The number of allylic oxidation sites excluding steroid dienone is 1. The zero-order valence-corrected chi connectivity index (χ0v) is 16.2. The van der Waals surface area contributed by atoms with Crippen molar-refractivity contribution >= 4 is 29.5 Å². The maximum atomic E-state index is 11.6. The number of unbranched alkanes of at least 4 members (excludes halogenated alkanes) is 2. The molecule has 140 valence electrons. The fourth-order valence-electron chi connectivity index (χ4n) is 2.41. The number of rotatable bonds is 9. The highest BCUT2D eigenvalue weighted by atomic mass is 16.5. The number of nitrogens with zero attached hydrogens (tertiary/aromatic N) is 1. The third kappa shape index (κ3) is 7.45. The number of benzene rings is 2. The SMILES string of the molecule is C=C(C)c1ccc(C=Nc2ccc(/C=C\C(=O)OCCCCC)cc2)cc1. The Labute approximate surface area is 162 Å². The van der Waals surface area contributed by atoms with Crippen molar-refractivity contribution in [3.05, 3.63) is 77.9 Å². The minimum atomic E-state index is -0.300. The number of hydrogen-bond acceptors (Lipinski definition) is 3. The molecule has 0 saturated heterocycles. The van der Waals surface area contributed by atoms with E-state index in [1.165, 1.54) is 6.08 Å². The fourth-order valence-corrected chi connectivity index (χ4v) is 2.41. The van der Waals surface area contributed by atoms with E-state index in [1.807, 2.05) is 61.7 Å². The van der Waals surface area contributed by atoms with Gasteiger partial charge in [-0.1, -0.05) is 68.3 Å². The Morgan fingerprint density at radius 1 is 1.04 bits per heavy atom. The number of hydrogen-bond donors (Lipinski definition) is 0. The lowest BCUT2D eigenvalue weighted by molar-refractivity contribution is -0.137. The van der Waals surface area contributed by atoms with E-state index in [-0.39, 0.29) is 5.97 Å². The topological polar surface area (TPSA) is 38.7 Å². The molecular formula is C24H27NO2. The van der Waals surface area contributed by atoms with Crippen LogP contribution in [0.2, 0.25) is 0 Å². The molecule has 0 heterocycles. The van der Waals surface area contributed by atoms with Gasteiger partial charge in [-0.3, -0.25) is 4.99 Å². The van der Waals surface area contributed by atoms with Crippen molar-refractivity contribution in [1.82, 2.24) is 0 Å². The van der Waals surface area contributed by atoms with Gasteiger partial charge in [0.2, 0.25) is 0 Å². The van der Waals surface area contributed by atoms with E-state index < -0.39 is 0 Å². The first-order valence-electron chi connectivity index (χ1n) is 9.33. The molecule has 0 radical (unpaired) electrons. The largest absolute Gasteiger partial charge is 0.463 e. The first-order chi connectivity index (χ1) is 13.1. The smallest absolute Gasteiger partial charge is 0.330 e. The zero-order valence-electron chi connectivity index (χ0n) is 16.2. The average molecular weight is 361 g/mol. The van der Waals surface area contributed by atoms with E-state index in [9.17, 15) is 4.79 Å². The summed E-state index contributed by atoms with van der Waals surface area (Å²) in [5.74, 6) is -0.300. The quantitative estimate of drug-likeness (QED) is 0.230. The Morgan fingerprint density at radius 2 is 1.70 bits per heavy atom. The Morgan fingerprint density at radius 3 is 2.33 bits per heavy atom. The number of carbonyl (C=O) groups is 1. The lowest BCUT2D eigenvalue weighted by atomic mass is 10.1. The van der Waals surface area contributed by atoms with Crippen LogP contribution >= 0.6 is 0 Å². The lowest BCUT2D eigenvalue weighted by Crippen LogP contribution is -2.01. The molecule has 0 aromatic heterocycles. The molecule has 0 saturated carbocycles. The Bertz CT molecular complexity index is 799. The van der Waals surface area contributed by atoms with E-state index in [0.29, 0.717) is 6.61 Å². The molecule has 3 heteroatoms. The summed E-state index contributed by atoms with van der Waals surface area (Å²) < 4.78 is 5.15. The predicted octanol–water partition coefficient (Wildman–Crippen LogP) is 6.22. The van der Waals surface area contributed by atoms with Crippen molar-refractivity contribution in [3.63, 3.8) is 0 Å². The van der Waals surface area contributed by atoms with Gasteiger partial charge in [0.25, 0.3) is 0 Å². The molecule has 0 aliphatic carbocycles. The molecule has 0 aliphatic heterocycles. The van der Waals surface area contributed by atoms with Crippen LogP contribution in [0.1, 0.15) is 49.8 Å².